The van der Waals surface area contributed by atoms with Crippen LogP contribution in [0.1, 0.15) is 5.76 Å². The van der Waals surface area contributed by atoms with Gasteiger partial charge in [0.1, 0.15) is 11.5 Å². The highest BCUT2D eigenvalue weighted by atomic mass is 35.5. The molecule has 0 fully saturated rings. The van der Waals surface area contributed by atoms with Crippen molar-refractivity contribution < 1.29 is 9.21 Å². The quantitative estimate of drug-likeness (QED) is 0.871. The molecule has 0 atom stereocenters. The molecule has 0 aliphatic heterocycles. The molecule has 3 nitrogen and oxygen atoms in total. The third-order valence-corrected chi connectivity index (χ3v) is 2.62. The van der Waals surface area contributed by atoms with Gasteiger partial charge in [-0.05, 0) is 36.4 Å². The molecular weight excluding hydrogens is 273 g/mol. The molecule has 92 valence electrons. The van der Waals surface area contributed by atoms with Crippen molar-refractivity contribution in [3.63, 3.8) is 0 Å². The number of amides is 1. The van der Waals surface area contributed by atoms with Gasteiger partial charge in [-0.3, -0.25) is 4.79 Å². The molecule has 1 amide bonds. The summed E-state index contributed by atoms with van der Waals surface area (Å²) in [6, 6.07) is 8.62. The first-order valence-corrected chi connectivity index (χ1v) is 5.84. The van der Waals surface area contributed by atoms with Crippen molar-refractivity contribution in [3.8, 4) is 11.3 Å². The second-order valence-corrected chi connectivity index (χ2v) is 4.47. The highest BCUT2D eigenvalue weighted by Gasteiger charge is 2.05. The number of carbonyl (C=O) groups is 1. The van der Waals surface area contributed by atoms with Gasteiger partial charge in [-0.15, -0.1) is 0 Å². The summed E-state index contributed by atoms with van der Waals surface area (Å²) < 4.78 is 5.52. The molecule has 2 N–H and O–H groups in total. The molecule has 0 aliphatic carbocycles. The van der Waals surface area contributed by atoms with Crippen LogP contribution in [0, 0.1) is 0 Å². The van der Waals surface area contributed by atoms with E-state index in [-0.39, 0.29) is 0 Å². The van der Waals surface area contributed by atoms with Gasteiger partial charge in [-0.1, -0.05) is 23.2 Å². The zero-order valence-corrected chi connectivity index (χ0v) is 10.7. The fraction of sp³-hybridized carbons (Fsp3) is 0. The second kappa shape index (κ2) is 5.29. The monoisotopic (exact) mass is 281 g/mol. The molecule has 0 aliphatic rings. The van der Waals surface area contributed by atoms with E-state index in [1.807, 2.05) is 0 Å². The van der Waals surface area contributed by atoms with Crippen LogP contribution in [0.4, 0.5) is 0 Å². The first-order valence-electron chi connectivity index (χ1n) is 5.08. The average Bonchev–Trinajstić information content (AvgIpc) is 2.73. The lowest BCUT2D eigenvalue weighted by molar-refractivity contribution is -0.113. The smallest absolute Gasteiger partial charge is 0.241 e. The van der Waals surface area contributed by atoms with Crippen LogP contribution in [-0.4, -0.2) is 5.91 Å². The van der Waals surface area contributed by atoms with Gasteiger partial charge in [0.2, 0.25) is 5.91 Å². The van der Waals surface area contributed by atoms with Crippen LogP contribution in [0.25, 0.3) is 17.4 Å². The lowest BCUT2D eigenvalue weighted by atomic mass is 10.2. The van der Waals surface area contributed by atoms with Crippen LogP contribution >= 0.6 is 23.2 Å². The maximum Gasteiger partial charge on any atom is 0.241 e. The predicted octanol–water partition coefficient (Wildman–Crippen LogP) is 3.75. The number of benzene rings is 1. The largest absolute Gasteiger partial charge is 0.457 e. The molecule has 2 rings (SSSR count). The second-order valence-electron chi connectivity index (χ2n) is 3.60. The number of carbonyl (C=O) groups excluding carboxylic acids is 1. The normalized spacial score (nSPS) is 11.0. The number of hydrogen-bond donors (Lipinski definition) is 1. The summed E-state index contributed by atoms with van der Waals surface area (Å²) in [5, 5.41) is 1.06. The molecule has 2 aromatic rings. The number of halogens is 2. The molecule has 0 spiro atoms. The fourth-order valence-corrected chi connectivity index (χ4v) is 1.98. The van der Waals surface area contributed by atoms with Gasteiger partial charge < -0.3 is 10.2 Å². The zero-order chi connectivity index (χ0) is 13.1. The molecular formula is C13H9Cl2NO2. The van der Waals surface area contributed by atoms with Gasteiger partial charge in [0.05, 0.1) is 0 Å². The van der Waals surface area contributed by atoms with Crippen molar-refractivity contribution in [1.82, 2.24) is 0 Å². The SMILES string of the molecule is NC(=O)C=Cc1ccc(-c2cc(Cl)cc(Cl)c2)o1. The molecule has 1 aromatic heterocycles. The number of furan rings is 1. The van der Waals surface area contributed by atoms with E-state index in [4.69, 9.17) is 33.4 Å². The molecule has 18 heavy (non-hydrogen) atoms. The summed E-state index contributed by atoms with van der Waals surface area (Å²) in [5.74, 6) is 0.613. The Hall–Kier alpha value is -1.71. The molecule has 1 heterocycles. The van der Waals surface area contributed by atoms with Gasteiger partial charge in [0.15, 0.2) is 0 Å². The molecule has 5 heteroatoms. The van der Waals surface area contributed by atoms with Gasteiger partial charge in [-0.2, -0.15) is 0 Å². The van der Waals surface area contributed by atoms with E-state index in [9.17, 15) is 4.79 Å². The number of primary amides is 1. The van der Waals surface area contributed by atoms with E-state index >= 15 is 0 Å². The fourth-order valence-electron chi connectivity index (χ4n) is 1.46. The molecule has 0 radical (unpaired) electrons. The van der Waals surface area contributed by atoms with Crippen LogP contribution in [0.2, 0.25) is 10.0 Å². The molecule has 0 saturated heterocycles. The van der Waals surface area contributed by atoms with Crippen LogP contribution in [0.15, 0.2) is 40.8 Å². The Balaban J connectivity index is 2.32. The topological polar surface area (TPSA) is 56.2 Å². The van der Waals surface area contributed by atoms with Gasteiger partial charge >= 0.3 is 0 Å². The molecule has 0 bridgehead atoms. The first kappa shape index (κ1) is 12.7. The molecule has 1 aromatic carbocycles. The zero-order valence-electron chi connectivity index (χ0n) is 9.19. The lowest BCUT2D eigenvalue weighted by Crippen LogP contribution is -2.04. The van der Waals surface area contributed by atoms with Crippen molar-refractivity contribution in [2.24, 2.45) is 5.73 Å². The van der Waals surface area contributed by atoms with E-state index < -0.39 is 5.91 Å². The van der Waals surface area contributed by atoms with Crippen LogP contribution < -0.4 is 5.73 Å². The Morgan fingerprint density at radius 2 is 1.83 bits per heavy atom. The van der Waals surface area contributed by atoms with Crippen molar-refractivity contribution in [2.45, 2.75) is 0 Å². The van der Waals surface area contributed by atoms with Crippen LogP contribution in [0.5, 0.6) is 0 Å². The molecule has 0 unspecified atom stereocenters. The Morgan fingerprint density at radius 3 is 2.44 bits per heavy atom. The maximum absolute atomic E-state index is 10.6. The third-order valence-electron chi connectivity index (χ3n) is 2.19. The molecule has 0 saturated carbocycles. The number of nitrogens with two attached hydrogens (primary N) is 1. The highest BCUT2D eigenvalue weighted by Crippen LogP contribution is 2.28. The number of hydrogen-bond acceptors (Lipinski definition) is 2. The van der Waals surface area contributed by atoms with Crippen LogP contribution in [-0.2, 0) is 4.79 Å². The van der Waals surface area contributed by atoms with Gasteiger partial charge in [0, 0.05) is 21.7 Å². The summed E-state index contributed by atoms with van der Waals surface area (Å²) in [6.07, 6.45) is 2.73. The summed E-state index contributed by atoms with van der Waals surface area (Å²) >= 11 is 11.8. The predicted molar refractivity (Wildman–Crippen MR) is 72.4 cm³/mol. The minimum absolute atomic E-state index is 0.528. The average molecular weight is 282 g/mol. The van der Waals surface area contributed by atoms with E-state index in [0.717, 1.165) is 5.56 Å². The lowest BCUT2D eigenvalue weighted by Gasteiger charge is -1.99. The third kappa shape index (κ3) is 3.15. The van der Waals surface area contributed by atoms with E-state index in [1.54, 1.807) is 30.3 Å². The van der Waals surface area contributed by atoms with Crippen LogP contribution in [0.3, 0.4) is 0 Å². The van der Waals surface area contributed by atoms with Crippen molar-refractivity contribution >= 4 is 35.2 Å². The standard InChI is InChI=1S/C13H9Cl2NO2/c14-9-5-8(6-10(15)7-9)12-3-1-11(18-12)2-4-13(16)17/h1-7H,(H2,16,17). The highest BCUT2D eigenvalue weighted by molar-refractivity contribution is 6.35. The summed E-state index contributed by atoms with van der Waals surface area (Å²) in [4.78, 5) is 10.6. The van der Waals surface area contributed by atoms with E-state index in [1.165, 1.54) is 12.2 Å². The summed E-state index contributed by atoms with van der Waals surface area (Å²) in [7, 11) is 0. The van der Waals surface area contributed by atoms with Gasteiger partial charge in [-0.25, -0.2) is 0 Å². The van der Waals surface area contributed by atoms with E-state index in [0.29, 0.717) is 21.6 Å². The number of rotatable bonds is 3. The van der Waals surface area contributed by atoms with Gasteiger partial charge in [0.25, 0.3) is 0 Å². The Labute approximate surface area is 114 Å². The Kier molecular flexibility index (Phi) is 3.75. The van der Waals surface area contributed by atoms with Crippen molar-refractivity contribution in [3.05, 3.63) is 52.2 Å². The van der Waals surface area contributed by atoms with E-state index in [2.05, 4.69) is 0 Å². The first-order chi connectivity index (χ1) is 8.54. The van der Waals surface area contributed by atoms with Crippen molar-refractivity contribution in [2.75, 3.05) is 0 Å². The summed E-state index contributed by atoms with van der Waals surface area (Å²) in [6.45, 7) is 0. The summed E-state index contributed by atoms with van der Waals surface area (Å²) in [5.41, 5.74) is 5.77. The maximum atomic E-state index is 10.6. The Bertz CT molecular complexity index is 597. The minimum Gasteiger partial charge on any atom is -0.457 e. The Morgan fingerprint density at radius 1 is 1.17 bits per heavy atom. The van der Waals surface area contributed by atoms with Crippen molar-refractivity contribution in [1.29, 1.82) is 0 Å². The minimum atomic E-state index is -0.529.